The molecule has 0 saturated heterocycles. The van der Waals surface area contributed by atoms with Crippen molar-refractivity contribution in [3.05, 3.63) is 6.20 Å². The molecule has 0 bridgehead atoms. The van der Waals surface area contributed by atoms with Crippen LogP contribution in [0.1, 0.15) is 6.92 Å². The van der Waals surface area contributed by atoms with Gasteiger partial charge in [0, 0.05) is 11.8 Å². The predicted molar refractivity (Wildman–Crippen MR) is 58.0 cm³/mol. The van der Waals surface area contributed by atoms with Gasteiger partial charge in [-0.3, -0.25) is 0 Å². The van der Waals surface area contributed by atoms with Gasteiger partial charge in [0.2, 0.25) is 0 Å². The molecule has 1 unspecified atom stereocenters. The number of aromatic nitrogens is 1. The number of anilines is 2. The molecule has 3 nitrogen and oxygen atoms in total. The van der Waals surface area contributed by atoms with Gasteiger partial charge in [-0.05, 0) is 6.26 Å². The summed E-state index contributed by atoms with van der Waals surface area (Å²) in [6.45, 7) is 3.11. The van der Waals surface area contributed by atoms with Crippen molar-refractivity contribution < 1.29 is 0 Å². The van der Waals surface area contributed by atoms with Crippen LogP contribution in [0.25, 0.3) is 0 Å². The first-order valence-corrected chi connectivity index (χ1v) is 5.80. The Bertz CT molecular complexity index is 236. The maximum atomic E-state index is 5.53. The summed E-state index contributed by atoms with van der Waals surface area (Å²) in [6, 6.07) is 0. The van der Waals surface area contributed by atoms with Gasteiger partial charge in [-0.15, -0.1) is 0 Å². The highest BCUT2D eigenvalue weighted by Gasteiger charge is 2.01. The average molecular weight is 203 g/mol. The number of nitrogens with one attached hydrogen (secondary N) is 1. The highest BCUT2D eigenvalue weighted by Crippen LogP contribution is 2.19. The first kappa shape index (κ1) is 9.67. The smallest absolute Gasteiger partial charge is 0.184 e. The van der Waals surface area contributed by atoms with E-state index in [2.05, 4.69) is 23.5 Å². The van der Waals surface area contributed by atoms with E-state index in [1.165, 1.54) is 11.3 Å². The standard InChI is InChI=1S/C7H13N3S2/c1-5(11-2)3-9-7-10-4-6(8)12-7/h4-5H,3,8H2,1-2H3,(H,9,10). The van der Waals surface area contributed by atoms with Gasteiger partial charge in [0.1, 0.15) is 5.00 Å². The van der Waals surface area contributed by atoms with Gasteiger partial charge in [0.25, 0.3) is 0 Å². The Kier molecular flexibility index (Phi) is 3.68. The third-order valence-corrected chi connectivity index (χ3v) is 3.22. The van der Waals surface area contributed by atoms with Gasteiger partial charge in [-0.2, -0.15) is 11.8 Å². The number of nitrogen functional groups attached to an aromatic ring is 1. The van der Waals surface area contributed by atoms with Crippen LogP contribution in [0.15, 0.2) is 6.20 Å². The average Bonchev–Trinajstić information content (AvgIpc) is 2.47. The van der Waals surface area contributed by atoms with E-state index in [1.807, 2.05) is 11.8 Å². The van der Waals surface area contributed by atoms with Crippen molar-refractivity contribution in [3.63, 3.8) is 0 Å². The van der Waals surface area contributed by atoms with E-state index in [-0.39, 0.29) is 0 Å². The summed E-state index contributed by atoms with van der Waals surface area (Å²) >= 11 is 3.32. The molecule has 0 aliphatic rings. The maximum absolute atomic E-state index is 5.53. The van der Waals surface area contributed by atoms with Crippen molar-refractivity contribution in [2.75, 3.05) is 23.9 Å². The zero-order valence-corrected chi connectivity index (χ0v) is 8.84. The molecular formula is C7H13N3S2. The lowest BCUT2D eigenvalue weighted by Crippen LogP contribution is -2.12. The minimum absolute atomic E-state index is 0.607. The van der Waals surface area contributed by atoms with Crippen LogP contribution < -0.4 is 11.1 Å². The second-order valence-electron chi connectivity index (χ2n) is 2.50. The largest absolute Gasteiger partial charge is 0.389 e. The summed E-state index contributed by atoms with van der Waals surface area (Å²) in [5.41, 5.74) is 5.53. The van der Waals surface area contributed by atoms with Gasteiger partial charge in [0.05, 0.1) is 6.20 Å². The quantitative estimate of drug-likeness (QED) is 0.784. The zero-order chi connectivity index (χ0) is 8.97. The first-order valence-electron chi connectivity index (χ1n) is 3.70. The van der Waals surface area contributed by atoms with Gasteiger partial charge >= 0.3 is 0 Å². The highest BCUT2D eigenvalue weighted by atomic mass is 32.2. The summed E-state index contributed by atoms with van der Waals surface area (Å²) in [7, 11) is 0. The van der Waals surface area contributed by atoms with Crippen molar-refractivity contribution >= 4 is 33.2 Å². The molecule has 0 fully saturated rings. The molecule has 3 N–H and O–H groups in total. The minimum Gasteiger partial charge on any atom is -0.389 e. The fraction of sp³-hybridized carbons (Fsp3) is 0.571. The van der Waals surface area contributed by atoms with E-state index in [0.29, 0.717) is 5.25 Å². The molecule has 0 aromatic carbocycles. The third-order valence-electron chi connectivity index (χ3n) is 1.47. The molecule has 0 aliphatic carbocycles. The van der Waals surface area contributed by atoms with Gasteiger partial charge in [-0.25, -0.2) is 4.98 Å². The van der Waals surface area contributed by atoms with E-state index in [4.69, 9.17) is 5.73 Å². The van der Waals surface area contributed by atoms with Crippen molar-refractivity contribution in [3.8, 4) is 0 Å². The molecular weight excluding hydrogens is 190 g/mol. The van der Waals surface area contributed by atoms with Gasteiger partial charge in [0.15, 0.2) is 5.13 Å². The predicted octanol–water partition coefficient (Wildman–Crippen LogP) is 1.89. The second kappa shape index (κ2) is 4.57. The lowest BCUT2D eigenvalue weighted by molar-refractivity contribution is 1.000. The highest BCUT2D eigenvalue weighted by molar-refractivity contribution is 7.99. The van der Waals surface area contributed by atoms with Gasteiger partial charge < -0.3 is 11.1 Å². The van der Waals surface area contributed by atoms with E-state index < -0.39 is 0 Å². The Morgan fingerprint density at radius 3 is 3.08 bits per heavy atom. The number of hydrogen-bond acceptors (Lipinski definition) is 5. The molecule has 0 saturated carbocycles. The van der Waals surface area contributed by atoms with Crippen LogP contribution in [0.3, 0.4) is 0 Å². The zero-order valence-electron chi connectivity index (χ0n) is 7.20. The number of hydrogen-bond donors (Lipinski definition) is 2. The molecule has 1 aromatic rings. The number of nitrogens with zero attached hydrogens (tertiary/aromatic N) is 1. The number of nitrogens with two attached hydrogens (primary N) is 1. The first-order chi connectivity index (χ1) is 5.72. The van der Waals surface area contributed by atoms with E-state index in [1.54, 1.807) is 6.20 Å². The molecule has 0 radical (unpaired) electrons. The Hall–Kier alpha value is -0.420. The molecule has 1 rings (SSSR count). The summed E-state index contributed by atoms with van der Waals surface area (Å²) in [5.74, 6) is 0. The topological polar surface area (TPSA) is 50.9 Å². The fourth-order valence-corrected chi connectivity index (χ4v) is 1.52. The van der Waals surface area contributed by atoms with E-state index in [9.17, 15) is 0 Å². The summed E-state index contributed by atoms with van der Waals surface area (Å²) in [6.07, 6.45) is 3.78. The summed E-state index contributed by atoms with van der Waals surface area (Å²) in [4.78, 5) is 4.10. The molecule has 68 valence electrons. The normalized spacial score (nSPS) is 12.8. The van der Waals surface area contributed by atoms with E-state index >= 15 is 0 Å². The minimum atomic E-state index is 0.607. The molecule has 12 heavy (non-hydrogen) atoms. The number of thioether (sulfide) groups is 1. The van der Waals surface area contributed by atoms with E-state index in [0.717, 1.165) is 16.7 Å². The molecule has 1 atom stereocenters. The van der Waals surface area contributed by atoms with Crippen LogP contribution in [0, 0.1) is 0 Å². The van der Waals surface area contributed by atoms with Crippen molar-refractivity contribution in [2.24, 2.45) is 0 Å². The number of rotatable bonds is 4. The van der Waals surface area contributed by atoms with Crippen LogP contribution in [0.4, 0.5) is 10.1 Å². The van der Waals surface area contributed by atoms with Crippen LogP contribution in [-0.2, 0) is 0 Å². The van der Waals surface area contributed by atoms with Crippen molar-refractivity contribution in [1.29, 1.82) is 0 Å². The fourth-order valence-electron chi connectivity index (χ4n) is 0.683. The van der Waals surface area contributed by atoms with Crippen LogP contribution >= 0.6 is 23.1 Å². The molecule has 1 heterocycles. The Labute approximate surface area is 80.8 Å². The number of thiazole rings is 1. The Balaban J connectivity index is 2.33. The Morgan fingerprint density at radius 2 is 2.58 bits per heavy atom. The summed E-state index contributed by atoms with van der Waals surface area (Å²) < 4.78 is 0. The van der Waals surface area contributed by atoms with Crippen molar-refractivity contribution in [1.82, 2.24) is 4.98 Å². The molecule has 5 heteroatoms. The van der Waals surface area contributed by atoms with Crippen LogP contribution in [0.5, 0.6) is 0 Å². The SMILES string of the molecule is CSC(C)CNc1ncc(N)s1. The summed E-state index contributed by atoms with van der Waals surface area (Å²) in [5, 5.41) is 5.50. The molecule has 0 aliphatic heterocycles. The lowest BCUT2D eigenvalue weighted by Gasteiger charge is -2.07. The lowest BCUT2D eigenvalue weighted by atomic mass is 10.5. The van der Waals surface area contributed by atoms with Gasteiger partial charge in [-0.1, -0.05) is 18.3 Å². The molecule has 0 spiro atoms. The van der Waals surface area contributed by atoms with Crippen LogP contribution in [-0.4, -0.2) is 23.0 Å². The molecule has 1 aromatic heterocycles. The second-order valence-corrected chi connectivity index (χ2v) is 4.83. The monoisotopic (exact) mass is 203 g/mol. The van der Waals surface area contributed by atoms with Crippen molar-refractivity contribution in [2.45, 2.75) is 12.2 Å². The third kappa shape index (κ3) is 2.91. The maximum Gasteiger partial charge on any atom is 0.184 e. The molecule has 0 amide bonds. The van der Waals surface area contributed by atoms with Crippen LogP contribution in [0.2, 0.25) is 0 Å². The Morgan fingerprint density at radius 1 is 1.83 bits per heavy atom.